The van der Waals surface area contributed by atoms with Gasteiger partial charge < -0.3 is 4.52 Å². The van der Waals surface area contributed by atoms with Gasteiger partial charge in [-0.1, -0.05) is 40.8 Å². The van der Waals surface area contributed by atoms with Crippen LogP contribution in [-0.4, -0.2) is 38.1 Å². The summed E-state index contributed by atoms with van der Waals surface area (Å²) in [5.74, 6) is -0.251. The number of nitrogens with zero attached hydrogens (tertiary/aromatic N) is 2. The molecule has 0 spiro atoms. The molecule has 0 bridgehead atoms. The Balaban J connectivity index is 1.71. The third-order valence-corrected chi connectivity index (χ3v) is 6.11. The van der Waals surface area contributed by atoms with Gasteiger partial charge in [-0.2, -0.15) is 0 Å². The predicted molar refractivity (Wildman–Crippen MR) is 108 cm³/mol. The van der Waals surface area contributed by atoms with Gasteiger partial charge in [0.15, 0.2) is 0 Å². The molecule has 0 aliphatic carbocycles. The van der Waals surface area contributed by atoms with Crippen molar-refractivity contribution in [2.45, 2.75) is 18.2 Å². The van der Waals surface area contributed by atoms with Gasteiger partial charge in [-0.25, -0.2) is 8.42 Å². The minimum absolute atomic E-state index is 0.0101. The number of aromatic nitrogens is 1. The number of sulfonamides is 1. The normalized spacial score (nSPS) is 11.6. The zero-order valence-electron chi connectivity index (χ0n) is 16.2. The number of rotatable bonds is 7. The Labute approximate surface area is 169 Å². The molecule has 0 radical (unpaired) electrons. The van der Waals surface area contributed by atoms with E-state index in [-0.39, 0.29) is 16.3 Å². The molecule has 9 heteroatoms. The van der Waals surface area contributed by atoms with E-state index in [0.717, 1.165) is 16.5 Å². The molecule has 2 aromatic carbocycles. The maximum absolute atomic E-state index is 12.4. The van der Waals surface area contributed by atoms with Gasteiger partial charge in [-0.05, 0) is 36.2 Å². The van der Waals surface area contributed by atoms with Crippen molar-refractivity contribution in [1.29, 1.82) is 0 Å². The lowest BCUT2D eigenvalue weighted by atomic mass is 10.1. The zero-order chi connectivity index (χ0) is 21.0. The average Bonchev–Trinajstić information content (AvgIpc) is 3.21. The quantitative estimate of drug-likeness (QED) is 0.594. The second kappa shape index (κ2) is 8.56. The lowest BCUT2D eigenvalue weighted by Crippen LogP contribution is -2.25. The Morgan fingerprint density at radius 3 is 2.38 bits per heavy atom. The molecule has 1 N–H and O–H groups in total. The lowest BCUT2D eigenvalue weighted by molar-refractivity contribution is -0.0258. The minimum Gasteiger partial charge on any atom is -0.338 e. The van der Waals surface area contributed by atoms with Crippen molar-refractivity contribution < 1.29 is 22.6 Å². The summed E-state index contributed by atoms with van der Waals surface area (Å²) in [5, 5.41) is 6.59. The lowest BCUT2D eigenvalue weighted by Gasteiger charge is -2.14. The van der Waals surface area contributed by atoms with E-state index in [1.54, 1.807) is 6.07 Å². The molecule has 0 aliphatic rings. The maximum Gasteiger partial charge on any atom is 0.264 e. The van der Waals surface area contributed by atoms with E-state index >= 15 is 0 Å². The standard InChI is InChI=1S/C20H21N3O5S/c1-4-14-5-7-15(8-6-14)18-13-19(28-22-18)21-20(24)16-9-11-17(12-10-16)29(25,26)23(2)27-3/h5-13H,4H2,1-3H3,(H,21,24). The van der Waals surface area contributed by atoms with Crippen molar-refractivity contribution >= 4 is 21.8 Å². The first-order valence-corrected chi connectivity index (χ1v) is 10.3. The van der Waals surface area contributed by atoms with Gasteiger partial charge in [-0.3, -0.25) is 14.9 Å². The van der Waals surface area contributed by atoms with E-state index in [1.807, 2.05) is 24.3 Å². The van der Waals surface area contributed by atoms with E-state index in [0.29, 0.717) is 5.69 Å². The molecule has 29 heavy (non-hydrogen) atoms. The number of carbonyl (C=O) groups excluding carboxylic acids is 1. The Kier molecular flexibility index (Phi) is 6.12. The third kappa shape index (κ3) is 4.53. The summed E-state index contributed by atoms with van der Waals surface area (Å²) in [5.41, 5.74) is 2.97. The van der Waals surface area contributed by atoms with Crippen LogP contribution in [0.15, 0.2) is 64.0 Å². The first-order chi connectivity index (χ1) is 13.8. The van der Waals surface area contributed by atoms with Crippen molar-refractivity contribution in [3.05, 3.63) is 65.7 Å². The topological polar surface area (TPSA) is 102 Å². The van der Waals surface area contributed by atoms with E-state index in [2.05, 4.69) is 17.4 Å². The average molecular weight is 415 g/mol. The van der Waals surface area contributed by atoms with Crippen LogP contribution in [-0.2, 0) is 21.3 Å². The van der Waals surface area contributed by atoms with Gasteiger partial charge >= 0.3 is 0 Å². The summed E-state index contributed by atoms with van der Waals surface area (Å²) in [6.45, 7) is 2.08. The number of benzene rings is 2. The van der Waals surface area contributed by atoms with Gasteiger partial charge in [0.25, 0.3) is 15.9 Å². The zero-order valence-corrected chi connectivity index (χ0v) is 17.1. The molecule has 8 nitrogen and oxygen atoms in total. The third-order valence-electron chi connectivity index (χ3n) is 4.41. The van der Waals surface area contributed by atoms with E-state index in [1.165, 1.54) is 44.0 Å². The highest BCUT2D eigenvalue weighted by Gasteiger charge is 2.21. The number of amides is 1. The number of hydrogen-bond donors (Lipinski definition) is 1. The van der Waals surface area contributed by atoms with Crippen molar-refractivity contribution in [3.8, 4) is 11.3 Å². The van der Waals surface area contributed by atoms with Crippen molar-refractivity contribution in [2.24, 2.45) is 0 Å². The minimum atomic E-state index is -3.77. The molecule has 0 aliphatic heterocycles. The van der Waals surface area contributed by atoms with Crippen LogP contribution in [0.25, 0.3) is 11.3 Å². The molecule has 152 valence electrons. The van der Waals surface area contributed by atoms with Crippen LogP contribution in [0, 0.1) is 0 Å². The maximum atomic E-state index is 12.4. The fourth-order valence-corrected chi connectivity index (χ4v) is 3.56. The number of hydrogen-bond acceptors (Lipinski definition) is 6. The monoisotopic (exact) mass is 415 g/mol. The highest BCUT2D eigenvalue weighted by atomic mass is 32.2. The molecule has 1 aromatic heterocycles. The number of aryl methyl sites for hydroxylation is 1. The second-order valence-electron chi connectivity index (χ2n) is 6.20. The molecule has 0 saturated heterocycles. The molecular formula is C20H21N3O5S. The molecule has 0 atom stereocenters. The molecule has 1 amide bonds. The summed E-state index contributed by atoms with van der Waals surface area (Å²) in [6, 6.07) is 15.0. The molecular weight excluding hydrogens is 394 g/mol. The van der Waals surface area contributed by atoms with Gasteiger partial charge in [0.05, 0.1) is 12.0 Å². The SMILES string of the molecule is CCc1ccc(-c2cc(NC(=O)c3ccc(S(=O)(=O)N(C)OC)cc3)on2)cc1. The van der Waals surface area contributed by atoms with E-state index in [9.17, 15) is 13.2 Å². The van der Waals surface area contributed by atoms with Crippen LogP contribution in [0.5, 0.6) is 0 Å². The van der Waals surface area contributed by atoms with E-state index < -0.39 is 15.9 Å². The first-order valence-electron chi connectivity index (χ1n) is 8.85. The molecule has 1 heterocycles. The smallest absolute Gasteiger partial charge is 0.264 e. The van der Waals surface area contributed by atoms with Crippen molar-refractivity contribution in [3.63, 3.8) is 0 Å². The van der Waals surface area contributed by atoms with Crippen LogP contribution >= 0.6 is 0 Å². The molecule has 3 rings (SSSR count). The van der Waals surface area contributed by atoms with Gasteiger partial charge in [0.2, 0.25) is 5.88 Å². The number of anilines is 1. The van der Waals surface area contributed by atoms with Crippen LogP contribution in [0.4, 0.5) is 5.88 Å². The summed E-state index contributed by atoms with van der Waals surface area (Å²) in [6.07, 6.45) is 0.947. The Bertz CT molecular complexity index is 1090. The molecule has 0 saturated carbocycles. The fraction of sp³-hybridized carbons (Fsp3) is 0.200. The van der Waals surface area contributed by atoms with Crippen LogP contribution in [0.2, 0.25) is 0 Å². The van der Waals surface area contributed by atoms with Gasteiger partial charge in [-0.15, -0.1) is 0 Å². The fourth-order valence-electron chi connectivity index (χ4n) is 2.59. The summed E-state index contributed by atoms with van der Waals surface area (Å²) in [7, 11) is -1.23. The highest BCUT2D eigenvalue weighted by molar-refractivity contribution is 7.89. The Hall–Kier alpha value is -3.01. The Morgan fingerprint density at radius 2 is 1.79 bits per heavy atom. The highest BCUT2D eigenvalue weighted by Crippen LogP contribution is 2.23. The summed E-state index contributed by atoms with van der Waals surface area (Å²) >= 11 is 0. The predicted octanol–water partition coefficient (Wildman–Crippen LogP) is 3.34. The number of nitrogens with one attached hydrogen (secondary N) is 1. The Morgan fingerprint density at radius 1 is 1.14 bits per heavy atom. The van der Waals surface area contributed by atoms with Crippen molar-refractivity contribution in [2.75, 3.05) is 19.5 Å². The van der Waals surface area contributed by atoms with Gasteiger partial charge in [0, 0.05) is 24.2 Å². The van der Waals surface area contributed by atoms with E-state index in [4.69, 9.17) is 9.36 Å². The summed E-state index contributed by atoms with van der Waals surface area (Å²) < 4.78 is 30.3. The van der Waals surface area contributed by atoms with Gasteiger partial charge in [0.1, 0.15) is 5.69 Å². The number of hydroxylamine groups is 1. The summed E-state index contributed by atoms with van der Waals surface area (Å²) in [4.78, 5) is 17.1. The largest absolute Gasteiger partial charge is 0.338 e. The van der Waals surface area contributed by atoms with Crippen LogP contribution in [0.3, 0.4) is 0 Å². The number of carbonyl (C=O) groups is 1. The van der Waals surface area contributed by atoms with Crippen molar-refractivity contribution in [1.82, 2.24) is 9.63 Å². The van der Waals surface area contributed by atoms with Crippen LogP contribution < -0.4 is 5.32 Å². The molecule has 3 aromatic rings. The molecule has 0 fully saturated rings. The molecule has 0 unspecified atom stereocenters. The van der Waals surface area contributed by atoms with Crippen LogP contribution in [0.1, 0.15) is 22.8 Å². The first kappa shape index (κ1) is 20.7. The second-order valence-corrected chi connectivity index (χ2v) is 8.14.